The van der Waals surface area contributed by atoms with Crippen molar-refractivity contribution >= 4 is 33.0 Å². The van der Waals surface area contributed by atoms with E-state index in [-0.39, 0.29) is 17.5 Å². The minimum atomic E-state index is -2.95. The first-order valence-corrected chi connectivity index (χ1v) is 10.6. The van der Waals surface area contributed by atoms with E-state index in [0.717, 1.165) is 18.8 Å². The molecule has 0 bridgehead atoms. The van der Waals surface area contributed by atoms with Gasteiger partial charge in [0.25, 0.3) is 0 Å². The lowest BCUT2D eigenvalue weighted by Gasteiger charge is -2.21. The third-order valence-corrected chi connectivity index (χ3v) is 6.16. The van der Waals surface area contributed by atoms with Gasteiger partial charge in [0.1, 0.15) is 0 Å². The lowest BCUT2D eigenvalue weighted by Crippen LogP contribution is -2.22. The molecule has 0 radical (unpaired) electrons. The van der Waals surface area contributed by atoms with Crippen molar-refractivity contribution in [3.05, 3.63) is 30.5 Å². The summed E-state index contributed by atoms with van der Waals surface area (Å²) in [5.74, 6) is 1.20. The Morgan fingerprint density at radius 3 is 2.54 bits per heavy atom. The summed E-state index contributed by atoms with van der Waals surface area (Å²) >= 11 is 0. The zero-order chi connectivity index (χ0) is 18.6. The second-order valence-electron chi connectivity index (χ2n) is 6.25. The molecule has 140 valence electrons. The molecule has 3 rings (SSSR count). The third-order valence-electron chi connectivity index (χ3n) is 4.39. The molecule has 2 heterocycles. The van der Waals surface area contributed by atoms with Crippen LogP contribution in [-0.2, 0) is 9.84 Å². The van der Waals surface area contributed by atoms with Crippen LogP contribution in [0.3, 0.4) is 0 Å². The quantitative estimate of drug-likeness (QED) is 0.757. The molecule has 1 saturated heterocycles. The molecule has 1 atom stereocenters. The van der Waals surface area contributed by atoms with Gasteiger partial charge in [-0.1, -0.05) is 0 Å². The van der Waals surface area contributed by atoms with E-state index < -0.39 is 9.84 Å². The molecule has 26 heavy (non-hydrogen) atoms. The van der Waals surface area contributed by atoms with Crippen LogP contribution in [0.25, 0.3) is 0 Å². The van der Waals surface area contributed by atoms with E-state index in [0.29, 0.717) is 18.2 Å². The second-order valence-corrected chi connectivity index (χ2v) is 8.48. The molecule has 2 aromatic rings. The second kappa shape index (κ2) is 7.86. The first kappa shape index (κ1) is 18.4. The molecule has 0 spiro atoms. The number of rotatable bonds is 7. The Bertz CT molecular complexity index is 837. The van der Waals surface area contributed by atoms with Crippen LogP contribution in [0, 0.1) is 0 Å². The van der Waals surface area contributed by atoms with Crippen LogP contribution >= 0.6 is 0 Å². The van der Waals surface area contributed by atoms with Crippen LogP contribution in [0.1, 0.15) is 20.3 Å². The predicted molar refractivity (Wildman–Crippen MR) is 104 cm³/mol. The Balaban J connectivity index is 1.65. The van der Waals surface area contributed by atoms with Crippen molar-refractivity contribution in [3.8, 4) is 0 Å². The van der Waals surface area contributed by atoms with Gasteiger partial charge in [-0.05, 0) is 44.5 Å². The highest BCUT2D eigenvalue weighted by Gasteiger charge is 2.28. The van der Waals surface area contributed by atoms with E-state index in [2.05, 4.69) is 56.7 Å². The number of aromatic nitrogens is 3. The first-order chi connectivity index (χ1) is 12.5. The van der Waals surface area contributed by atoms with Crippen molar-refractivity contribution in [1.29, 1.82) is 0 Å². The highest BCUT2D eigenvalue weighted by atomic mass is 32.2. The van der Waals surface area contributed by atoms with Crippen molar-refractivity contribution in [2.24, 2.45) is 0 Å². The lowest BCUT2D eigenvalue weighted by atomic mass is 10.2. The Labute approximate surface area is 154 Å². The molecule has 0 aliphatic carbocycles. The molecule has 9 heteroatoms. The predicted octanol–water partition coefficient (Wildman–Crippen LogP) is 2.06. The van der Waals surface area contributed by atoms with Crippen LogP contribution in [-0.4, -0.2) is 54.2 Å². The maximum Gasteiger partial charge on any atom is 0.244 e. The van der Waals surface area contributed by atoms with Crippen molar-refractivity contribution in [2.75, 3.05) is 40.1 Å². The smallest absolute Gasteiger partial charge is 0.244 e. The average Bonchev–Trinajstić information content (AvgIpc) is 2.96. The summed E-state index contributed by atoms with van der Waals surface area (Å²) < 4.78 is 23.1. The highest BCUT2D eigenvalue weighted by molar-refractivity contribution is 7.91. The number of sulfone groups is 1. The fraction of sp³-hybridized carbons (Fsp3) is 0.471. The maximum absolute atomic E-state index is 11.5. The van der Waals surface area contributed by atoms with Gasteiger partial charge in [0.05, 0.1) is 17.7 Å². The number of benzene rings is 1. The van der Waals surface area contributed by atoms with Gasteiger partial charge in [-0.2, -0.15) is 10.1 Å². The van der Waals surface area contributed by atoms with Gasteiger partial charge < -0.3 is 15.5 Å². The van der Waals surface area contributed by atoms with Gasteiger partial charge >= 0.3 is 0 Å². The van der Waals surface area contributed by atoms with Crippen LogP contribution in [0.4, 0.5) is 23.1 Å². The van der Waals surface area contributed by atoms with Crippen molar-refractivity contribution in [3.63, 3.8) is 0 Å². The molecular weight excluding hydrogens is 352 g/mol. The Morgan fingerprint density at radius 1 is 1.19 bits per heavy atom. The van der Waals surface area contributed by atoms with Gasteiger partial charge in [-0.3, -0.25) is 0 Å². The van der Waals surface area contributed by atoms with E-state index in [1.54, 1.807) is 0 Å². The zero-order valence-electron chi connectivity index (χ0n) is 15.0. The van der Waals surface area contributed by atoms with Crippen molar-refractivity contribution < 1.29 is 8.42 Å². The van der Waals surface area contributed by atoms with E-state index >= 15 is 0 Å². The van der Waals surface area contributed by atoms with Gasteiger partial charge in [0.15, 0.2) is 15.7 Å². The molecule has 1 aliphatic heterocycles. The Kier molecular flexibility index (Phi) is 5.55. The summed E-state index contributed by atoms with van der Waals surface area (Å²) in [6, 6.07) is 7.95. The van der Waals surface area contributed by atoms with Gasteiger partial charge in [0.2, 0.25) is 5.95 Å². The largest absolute Gasteiger partial charge is 0.372 e. The maximum atomic E-state index is 11.5. The summed E-state index contributed by atoms with van der Waals surface area (Å²) in [6.45, 7) is 6.19. The molecule has 2 N–H and O–H groups in total. The summed E-state index contributed by atoms with van der Waals surface area (Å²) in [5.41, 5.74) is 2.07. The molecule has 0 saturated carbocycles. The highest BCUT2D eigenvalue weighted by Crippen LogP contribution is 2.21. The minimum absolute atomic E-state index is 0.112. The summed E-state index contributed by atoms with van der Waals surface area (Å²) in [5, 5.41) is 14.1. The molecule has 1 aromatic heterocycles. The molecule has 1 fully saturated rings. The standard InChI is InChI=1S/C17H24N6O2S/c1-3-23(4-2)15-7-5-13(6-8-15)19-16-11-18-22-17(21-16)20-14-9-10-26(24,25)12-14/h5-8,11,14H,3-4,9-10,12H2,1-2H3,(H2,19,20,21,22). The lowest BCUT2D eigenvalue weighted by molar-refractivity contribution is 0.602. The Hall–Kier alpha value is -2.42. The number of nitrogens with one attached hydrogen (secondary N) is 2. The normalized spacial score (nSPS) is 18.5. The number of anilines is 4. The first-order valence-electron chi connectivity index (χ1n) is 8.78. The van der Waals surface area contributed by atoms with Crippen molar-refractivity contribution in [2.45, 2.75) is 26.3 Å². The number of hydrogen-bond acceptors (Lipinski definition) is 8. The van der Waals surface area contributed by atoms with Crippen LogP contribution in [0.15, 0.2) is 30.5 Å². The number of nitrogens with zero attached hydrogens (tertiary/aromatic N) is 4. The van der Waals surface area contributed by atoms with E-state index in [1.165, 1.54) is 11.9 Å². The fourth-order valence-electron chi connectivity index (χ4n) is 3.01. The SMILES string of the molecule is CCN(CC)c1ccc(Nc2cnnc(NC3CCS(=O)(=O)C3)n2)cc1. The van der Waals surface area contributed by atoms with Gasteiger partial charge in [0, 0.05) is 30.5 Å². The van der Waals surface area contributed by atoms with E-state index in [1.807, 2.05) is 12.1 Å². The zero-order valence-corrected chi connectivity index (χ0v) is 15.8. The molecule has 8 nitrogen and oxygen atoms in total. The van der Waals surface area contributed by atoms with Crippen molar-refractivity contribution in [1.82, 2.24) is 15.2 Å². The topological polar surface area (TPSA) is 100 Å². The van der Waals surface area contributed by atoms with Crippen LogP contribution in [0.2, 0.25) is 0 Å². The molecule has 1 unspecified atom stereocenters. The molecule has 1 aliphatic rings. The molecule has 0 amide bonds. The third kappa shape index (κ3) is 4.60. The van der Waals surface area contributed by atoms with Crippen LogP contribution < -0.4 is 15.5 Å². The average molecular weight is 376 g/mol. The minimum Gasteiger partial charge on any atom is -0.372 e. The summed E-state index contributed by atoms with van der Waals surface area (Å²) in [6.07, 6.45) is 2.10. The fourth-order valence-corrected chi connectivity index (χ4v) is 4.68. The molecule has 1 aromatic carbocycles. The monoisotopic (exact) mass is 376 g/mol. The summed E-state index contributed by atoms with van der Waals surface area (Å²) in [4.78, 5) is 6.64. The number of hydrogen-bond donors (Lipinski definition) is 2. The van der Waals surface area contributed by atoms with Gasteiger partial charge in [-0.15, -0.1) is 5.10 Å². The van der Waals surface area contributed by atoms with Gasteiger partial charge in [-0.25, -0.2) is 8.42 Å². The van der Waals surface area contributed by atoms with E-state index in [9.17, 15) is 8.42 Å². The van der Waals surface area contributed by atoms with Crippen LogP contribution in [0.5, 0.6) is 0 Å². The Morgan fingerprint density at radius 2 is 1.92 bits per heavy atom. The van der Waals surface area contributed by atoms with E-state index in [4.69, 9.17) is 0 Å². The molecular formula is C17H24N6O2S. The summed E-state index contributed by atoms with van der Waals surface area (Å²) in [7, 11) is -2.95.